The van der Waals surface area contributed by atoms with Crippen LogP contribution in [-0.4, -0.2) is 214 Å². The van der Waals surface area contributed by atoms with Crippen LogP contribution < -0.4 is 72.0 Å². The second kappa shape index (κ2) is 32.7. The number of hydrogen-bond acceptors (Lipinski definition) is 17. The van der Waals surface area contributed by atoms with Gasteiger partial charge in [0.1, 0.15) is 48.3 Å². The lowest BCUT2D eigenvalue weighted by Gasteiger charge is -2.40. The van der Waals surface area contributed by atoms with E-state index < -0.39 is 127 Å². The number of likely N-dealkylation sites (tertiary alicyclic amines) is 1. The highest BCUT2D eigenvalue weighted by Gasteiger charge is 2.52. The topological polar surface area (TPSA) is 512 Å². The summed E-state index contributed by atoms with van der Waals surface area (Å²) in [5, 5.41) is 36.8. The lowest BCUT2D eigenvalue weighted by molar-refractivity contribution is -0.152. The first kappa shape index (κ1) is 67.5. The molecule has 2 unspecified atom stereocenters. The summed E-state index contributed by atoms with van der Waals surface area (Å²) in [6, 6.07) is -4.24. The van der Waals surface area contributed by atoms with Gasteiger partial charge in [-0.15, -0.1) is 0 Å². The summed E-state index contributed by atoms with van der Waals surface area (Å²) in [6.07, 6.45) is 4.61. The average molecular weight is 1240 g/mol. The number of guanidine groups is 3. The third-order valence-corrected chi connectivity index (χ3v) is 18.3. The summed E-state index contributed by atoms with van der Waals surface area (Å²) in [5.74, 6) is -9.03. The number of aliphatic hydroxyl groups excluding tert-OH is 1. The summed E-state index contributed by atoms with van der Waals surface area (Å²) in [6.45, 7) is -0.947. The smallest absolute Gasteiger partial charge is 0.326 e. The fraction of sp³-hybridized carbons (Fsp3) is 0.642. The fourth-order valence-electron chi connectivity index (χ4n) is 11.5. The number of aliphatic imine (C=N–C) groups is 3. The second-order valence-corrected chi connectivity index (χ2v) is 24.5. The van der Waals surface area contributed by atoms with E-state index in [4.69, 9.17) is 40.1 Å². The summed E-state index contributed by atoms with van der Waals surface area (Å²) >= 11 is 0. The lowest BCUT2D eigenvalue weighted by atomic mass is 9.78. The molecule has 0 spiro atoms. The summed E-state index contributed by atoms with van der Waals surface area (Å²) in [4.78, 5) is 156. The van der Waals surface area contributed by atoms with Crippen LogP contribution in [0.4, 0.5) is 0 Å². The highest BCUT2D eigenvalue weighted by Crippen LogP contribution is 2.42. The molecule has 11 atom stereocenters. The van der Waals surface area contributed by atoms with Crippen molar-refractivity contribution in [2.75, 3.05) is 57.4 Å². The number of carbonyl (C=O) groups excluding carboxylic acids is 9. The molecule has 4 aliphatic heterocycles. The molecule has 0 bridgehead atoms. The number of nitrogens with zero attached hydrogens (tertiary/aromatic N) is 6. The van der Waals surface area contributed by atoms with Crippen molar-refractivity contribution in [3.05, 3.63) is 35.4 Å². The van der Waals surface area contributed by atoms with Crippen LogP contribution in [0.15, 0.2) is 39.2 Å². The van der Waals surface area contributed by atoms with E-state index in [1.54, 1.807) is 18.2 Å². The Kier molecular flexibility index (Phi) is 25.7. The number of aliphatic carboxylic acids is 1. The number of amides is 9. The third-order valence-electron chi connectivity index (χ3n) is 15.8. The Hall–Kier alpha value is -7.65. The molecule has 1 aromatic rings. The number of nitrogens with two attached hydrogens (primary N) is 7. The van der Waals surface area contributed by atoms with Crippen LogP contribution in [0.5, 0.6) is 0 Å². The van der Waals surface area contributed by atoms with Gasteiger partial charge < -0.3 is 96.9 Å². The van der Waals surface area contributed by atoms with Crippen LogP contribution in [0.25, 0.3) is 0 Å². The van der Waals surface area contributed by atoms with Crippen molar-refractivity contribution < 1.29 is 58.2 Å². The van der Waals surface area contributed by atoms with Crippen molar-refractivity contribution in [2.45, 2.75) is 144 Å². The van der Waals surface area contributed by atoms with Gasteiger partial charge >= 0.3 is 5.97 Å². The number of aliphatic hydroxyl groups is 1. The number of carboxylic acids is 1. The molecule has 1 aromatic carbocycles. The van der Waals surface area contributed by atoms with E-state index in [0.29, 0.717) is 24.8 Å². The van der Waals surface area contributed by atoms with E-state index in [9.17, 15) is 53.4 Å². The van der Waals surface area contributed by atoms with Gasteiger partial charge in [-0.05, 0) is 87.2 Å². The van der Waals surface area contributed by atoms with Crippen molar-refractivity contribution in [1.82, 2.24) is 46.6 Å². The number of carbonyl (C=O) groups is 10. The quantitative estimate of drug-likeness (QED) is 0.0199. The maximum absolute atomic E-state index is 15.2. The second-order valence-electron chi connectivity index (χ2n) is 21.9. The maximum Gasteiger partial charge on any atom is 0.326 e. The first-order valence-electron chi connectivity index (χ1n) is 28.8. The molecule has 86 heavy (non-hydrogen) atoms. The molecule has 3 saturated heterocycles. The van der Waals surface area contributed by atoms with E-state index in [0.717, 1.165) is 46.4 Å². The van der Waals surface area contributed by atoms with Gasteiger partial charge in [-0.3, -0.25) is 58.1 Å². The molecule has 1 aliphatic carbocycles. The number of fused-ring (bicyclic) bond motifs is 3. The van der Waals surface area contributed by atoms with Crippen molar-refractivity contribution in [3.63, 3.8) is 0 Å². The van der Waals surface area contributed by atoms with E-state index in [1.807, 2.05) is 6.07 Å². The normalized spacial score (nSPS) is 23.8. The molecule has 1 saturated carbocycles. The van der Waals surface area contributed by atoms with Gasteiger partial charge in [0.2, 0.25) is 53.2 Å². The average Bonchev–Trinajstić information content (AvgIpc) is 1.60. The molecule has 0 aromatic heterocycles. The summed E-state index contributed by atoms with van der Waals surface area (Å²) < 4.78 is 0. The minimum Gasteiger partial charge on any atom is -0.480 e. The van der Waals surface area contributed by atoms with E-state index in [-0.39, 0.29) is 125 Å². The first-order valence-corrected chi connectivity index (χ1v) is 31.3. The van der Waals surface area contributed by atoms with Gasteiger partial charge in [0.15, 0.2) is 17.9 Å². The highest BCUT2D eigenvalue weighted by molar-refractivity contribution is 8.76. The fourth-order valence-corrected chi connectivity index (χ4v) is 13.8. The zero-order valence-electron chi connectivity index (χ0n) is 47.9. The molecular formula is C53H83N19O12S2. The molecule has 31 nitrogen and oxygen atoms in total. The van der Waals surface area contributed by atoms with Gasteiger partial charge in [0.25, 0.3) is 0 Å². The largest absolute Gasteiger partial charge is 0.480 e. The maximum atomic E-state index is 15.2. The number of carboxylic acid groups (broad SMARTS) is 1. The molecule has 33 heteroatoms. The van der Waals surface area contributed by atoms with Crippen LogP contribution in [0.1, 0.15) is 88.2 Å². The van der Waals surface area contributed by atoms with E-state index in [2.05, 4.69) is 46.9 Å². The standard InChI is InChI=1S/C53H83N19O12S2/c54-32(13-5-17-61-51(55)56)42(75)66-33(14-6-18-62-52(57)58)43(76)69-37-27-86-85-26-36(65-40(74)22-64-45(78)38-16-8-20-70(38)48(37)81)44(77)68-35(25-73)47(80)71-23-29-10-2-1-9-28(29)21-39(71)49(82)72-24-30-11-3-4-12-31(30)41(72)46(79)67-34(50(83)84)15-7-19-63-53(59)60/h1-2,9-10,30-39,41,73H,3-8,11-27,54H2,(H,64,78)(H,65,74)(H,66,75)(H,67,79)(H,68,77)(H,69,76)(H,83,84)(H4,55,56,61)(H4,57,58,62)(H4,59,60,63)/t30?,31?,32-,33+,34+,35+,36+,37+,38+,39+,41+/m1/s1. The Bertz CT molecular complexity index is 2710. The number of nitrogens with one attached hydrogen (secondary N) is 6. The van der Waals surface area contributed by atoms with Crippen molar-refractivity contribution in [2.24, 2.45) is 66.9 Å². The molecule has 22 N–H and O–H groups in total. The van der Waals surface area contributed by atoms with Gasteiger partial charge in [-0.1, -0.05) is 58.7 Å². The minimum atomic E-state index is -1.68. The van der Waals surface area contributed by atoms with Crippen LogP contribution >= 0.6 is 21.6 Å². The number of hydrogen-bond donors (Lipinski definition) is 15. The number of benzene rings is 1. The SMILES string of the molecule is NC(N)=NCCC[C@@H](N)C(=O)N[C@@H](CCCN=C(N)N)C(=O)N[C@H]1CSSC[C@@H](C(=O)N[C@@H](CO)C(=O)N2Cc3ccccc3C[C@H]2C(=O)N2CC3CCCCC3[C@H]2C(=O)N[C@@H](CCCN=C(N)N)C(=O)O)NC(=O)CNC(=O)[C@@H]2CCCN2C1=O. The van der Waals surface area contributed by atoms with Crippen molar-refractivity contribution in [1.29, 1.82) is 0 Å². The Morgan fingerprint density at radius 1 is 0.721 bits per heavy atom. The zero-order valence-corrected chi connectivity index (χ0v) is 49.6. The van der Waals surface area contributed by atoms with E-state index in [1.165, 1.54) is 14.7 Å². The van der Waals surface area contributed by atoms with Gasteiger partial charge in [-0.25, -0.2) is 4.79 Å². The van der Waals surface area contributed by atoms with Gasteiger partial charge in [0.05, 0.1) is 19.2 Å². The van der Waals surface area contributed by atoms with Crippen molar-refractivity contribution >= 4 is 98.6 Å². The molecule has 4 fully saturated rings. The molecule has 5 aliphatic rings. The first-order chi connectivity index (χ1) is 41.1. The summed E-state index contributed by atoms with van der Waals surface area (Å²) in [7, 11) is 2.07. The van der Waals surface area contributed by atoms with Crippen LogP contribution in [0.3, 0.4) is 0 Å². The third kappa shape index (κ3) is 18.9. The highest BCUT2D eigenvalue weighted by atomic mass is 33.1. The number of rotatable bonds is 24. The molecule has 0 radical (unpaired) electrons. The van der Waals surface area contributed by atoms with E-state index >= 15 is 4.79 Å². The molecule has 4 heterocycles. The predicted molar refractivity (Wildman–Crippen MR) is 320 cm³/mol. The lowest BCUT2D eigenvalue weighted by Crippen LogP contribution is -2.62. The Labute approximate surface area is 505 Å². The monoisotopic (exact) mass is 1240 g/mol. The van der Waals surface area contributed by atoms with Gasteiger partial charge in [0, 0.05) is 57.2 Å². The summed E-state index contributed by atoms with van der Waals surface area (Å²) in [5.41, 5.74) is 40.3. The molecular weight excluding hydrogens is 1160 g/mol. The Morgan fingerprint density at radius 2 is 1.34 bits per heavy atom. The van der Waals surface area contributed by atoms with Gasteiger partial charge in [-0.2, -0.15) is 0 Å². The molecule has 9 amide bonds. The van der Waals surface area contributed by atoms with Crippen LogP contribution in [0.2, 0.25) is 0 Å². The van der Waals surface area contributed by atoms with Crippen molar-refractivity contribution in [3.8, 4) is 0 Å². The molecule has 474 valence electrons. The predicted octanol–water partition coefficient (Wildman–Crippen LogP) is -5.55. The molecule has 6 rings (SSSR count). The minimum absolute atomic E-state index is 0.000705. The Morgan fingerprint density at radius 3 is 1.99 bits per heavy atom. The van der Waals surface area contributed by atoms with Crippen LogP contribution in [0, 0.1) is 11.8 Å². The van der Waals surface area contributed by atoms with Crippen LogP contribution in [-0.2, 0) is 60.9 Å². The Balaban J connectivity index is 1.20. The zero-order chi connectivity index (χ0) is 62.6.